The van der Waals surface area contributed by atoms with Crippen LogP contribution in [0.1, 0.15) is 24.5 Å². The molecule has 19 heavy (non-hydrogen) atoms. The Morgan fingerprint density at radius 2 is 2.05 bits per heavy atom. The molecule has 0 spiro atoms. The lowest BCUT2D eigenvalue weighted by Crippen LogP contribution is -2.45. The van der Waals surface area contributed by atoms with Crippen LogP contribution in [-0.4, -0.2) is 23.6 Å². The molecule has 1 aliphatic heterocycles. The summed E-state index contributed by atoms with van der Waals surface area (Å²) in [7, 11) is 0. The van der Waals surface area contributed by atoms with Gasteiger partial charge in [-0.15, -0.1) is 13.2 Å². The van der Waals surface area contributed by atoms with E-state index in [9.17, 15) is 4.79 Å². The summed E-state index contributed by atoms with van der Waals surface area (Å²) in [6, 6.07) is 9.85. The molecule has 0 N–H and O–H groups in total. The number of cyclic esters (lactones) is 1. The van der Waals surface area contributed by atoms with Crippen molar-refractivity contribution in [3.05, 3.63) is 61.2 Å². The van der Waals surface area contributed by atoms with Crippen molar-refractivity contribution in [2.24, 2.45) is 0 Å². The Hall–Kier alpha value is -2.03. The van der Waals surface area contributed by atoms with Gasteiger partial charge in [-0.3, -0.25) is 0 Å². The minimum atomic E-state index is -0.271. The number of ether oxygens (including phenoxy) is 1. The van der Waals surface area contributed by atoms with Crippen molar-refractivity contribution in [1.82, 2.24) is 4.90 Å². The number of benzene rings is 1. The highest BCUT2D eigenvalue weighted by Crippen LogP contribution is 2.30. The van der Waals surface area contributed by atoms with Gasteiger partial charge in [0.25, 0.3) is 0 Å². The normalized spacial score (nSPS) is 22.7. The van der Waals surface area contributed by atoms with Crippen molar-refractivity contribution in [1.29, 1.82) is 0 Å². The predicted octanol–water partition coefficient (Wildman–Crippen LogP) is 3.70. The van der Waals surface area contributed by atoms with E-state index < -0.39 is 0 Å². The second kappa shape index (κ2) is 6.23. The standard InChI is InChI=1S/C16H19NO2/c1-3-5-11-17-14(4-2)12-15(19-16(17)18)13-9-7-6-8-10-13/h3-4,6-10,14-15H,1-2,5,11-12H2/t14-,15-/m0/s1. The maximum atomic E-state index is 12.1. The third-order valence-corrected chi connectivity index (χ3v) is 3.35. The van der Waals surface area contributed by atoms with Crippen LogP contribution in [0.2, 0.25) is 0 Å². The number of hydrogen-bond acceptors (Lipinski definition) is 2. The van der Waals surface area contributed by atoms with Crippen LogP contribution in [0.25, 0.3) is 0 Å². The SMILES string of the molecule is C=CCCN1C(=O)O[C@H](c2ccccc2)C[C@@H]1C=C. The van der Waals surface area contributed by atoms with E-state index >= 15 is 0 Å². The Balaban J connectivity index is 2.12. The van der Waals surface area contributed by atoms with Gasteiger partial charge in [-0.2, -0.15) is 0 Å². The molecule has 2 atom stereocenters. The fourth-order valence-electron chi connectivity index (χ4n) is 2.30. The summed E-state index contributed by atoms with van der Waals surface area (Å²) < 4.78 is 5.52. The second-order valence-corrected chi connectivity index (χ2v) is 4.59. The minimum absolute atomic E-state index is 0.0198. The molecule has 1 amide bonds. The molecule has 1 aromatic rings. The monoisotopic (exact) mass is 257 g/mol. The van der Waals surface area contributed by atoms with Crippen molar-refractivity contribution in [3.63, 3.8) is 0 Å². The van der Waals surface area contributed by atoms with E-state index in [1.165, 1.54) is 0 Å². The highest BCUT2D eigenvalue weighted by molar-refractivity contribution is 5.69. The molecule has 0 aromatic heterocycles. The van der Waals surface area contributed by atoms with Crippen LogP contribution >= 0.6 is 0 Å². The topological polar surface area (TPSA) is 29.5 Å². The number of carbonyl (C=O) groups is 1. The summed E-state index contributed by atoms with van der Waals surface area (Å²) in [5.74, 6) is 0. The Morgan fingerprint density at radius 3 is 2.68 bits per heavy atom. The van der Waals surface area contributed by atoms with Gasteiger partial charge in [-0.1, -0.05) is 42.5 Å². The zero-order valence-corrected chi connectivity index (χ0v) is 11.0. The van der Waals surface area contributed by atoms with Crippen molar-refractivity contribution in [2.45, 2.75) is 25.0 Å². The molecular formula is C16H19NO2. The summed E-state index contributed by atoms with van der Waals surface area (Å²) in [4.78, 5) is 13.8. The molecule has 1 fully saturated rings. The Labute approximate surface area is 114 Å². The molecule has 0 saturated carbocycles. The number of hydrogen-bond donors (Lipinski definition) is 0. The molecule has 1 saturated heterocycles. The van der Waals surface area contributed by atoms with E-state index in [1.54, 1.807) is 11.0 Å². The van der Waals surface area contributed by atoms with Gasteiger partial charge >= 0.3 is 6.09 Å². The quantitative estimate of drug-likeness (QED) is 0.753. The molecule has 0 unspecified atom stereocenters. The Bertz CT molecular complexity index is 455. The number of amides is 1. The second-order valence-electron chi connectivity index (χ2n) is 4.59. The van der Waals surface area contributed by atoms with Gasteiger partial charge in [0, 0.05) is 13.0 Å². The minimum Gasteiger partial charge on any atom is -0.441 e. The van der Waals surface area contributed by atoms with Crippen LogP contribution in [0.3, 0.4) is 0 Å². The molecule has 1 heterocycles. The molecule has 0 bridgehead atoms. The summed E-state index contributed by atoms with van der Waals surface area (Å²) in [5.41, 5.74) is 1.03. The van der Waals surface area contributed by atoms with Gasteiger partial charge < -0.3 is 9.64 Å². The molecule has 0 aliphatic carbocycles. The molecular weight excluding hydrogens is 238 g/mol. The van der Waals surface area contributed by atoms with Gasteiger partial charge in [0.15, 0.2) is 0 Å². The lowest BCUT2D eigenvalue weighted by Gasteiger charge is -2.37. The smallest absolute Gasteiger partial charge is 0.410 e. The lowest BCUT2D eigenvalue weighted by molar-refractivity contribution is 0.00892. The first-order valence-electron chi connectivity index (χ1n) is 6.52. The van der Waals surface area contributed by atoms with Crippen molar-refractivity contribution >= 4 is 6.09 Å². The van der Waals surface area contributed by atoms with E-state index in [1.807, 2.05) is 36.4 Å². The first-order chi connectivity index (χ1) is 9.26. The average Bonchev–Trinajstić information content (AvgIpc) is 2.46. The van der Waals surface area contributed by atoms with Crippen LogP contribution in [0.4, 0.5) is 4.79 Å². The van der Waals surface area contributed by atoms with Crippen LogP contribution in [-0.2, 0) is 4.74 Å². The molecule has 3 nitrogen and oxygen atoms in total. The first-order valence-corrected chi connectivity index (χ1v) is 6.52. The van der Waals surface area contributed by atoms with E-state index in [0.29, 0.717) is 6.54 Å². The summed E-state index contributed by atoms with van der Waals surface area (Å²) in [6.45, 7) is 8.13. The van der Waals surface area contributed by atoms with Crippen molar-refractivity contribution in [2.75, 3.05) is 6.54 Å². The zero-order valence-electron chi connectivity index (χ0n) is 11.0. The van der Waals surface area contributed by atoms with Crippen LogP contribution in [0.5, 0.6) is 0 Å². The highest BCUT2D eigenvalue weighted by atomic mass is 16.6. The van der Waals surface area contributed by atoms with Gasteiger partial charge in [0.1, 0.15) is 6.10 Å². The number of carbonyl (C=O) groups excluding carboxylic acids is 1. The van der Waals surface area contributed by atoms with Gasteiger partial charge in [-0.05, 0) is 12.0 Å². The largest absolute Gasteiger partial charge is 0.441 e. The van der Waals surface area contributed by atoms with Gasteiger partial charge in [0.2, 0.25) is 0 Å². The van der Waals surface area contributed by atoms with Crippen LogP contribution in [0, 0.1) is 0 Å². The predicted molar refractivity (Wildman–Crippen MR) is 75.8 cm³/mol. The average molecular weight is 257 g/mol. The molecule has 3 heteroatoms. The summed E-state index contributed by atoms with van der Waals surface area (Å²) in [5, 5.41) is 0. The Morgan fingerprint density at radius 1 is 1.32 bits per heavy atom. The maximum absolute atomic E-state index is 12.1. The van der Waals surface area contributed by atoms with Gasteiger partial charge in [-0.25, -0.2) is 4.79 Å². The maximum Gasteiger partial charge on any atom is 0.410 e. The number of nitrogens with zero attached hydrogens (tertiary/aromatic N) is 1. The Kier molecular flexibility index (Phi) is 4.39. The zero-order chi connectivity index (χ0) is 13.7. The van der Waals surface area contributed by atoms with Crippen molar-refractivity contribution in [3.8, 4) is 0 Å². The first kappa shape index (κ1) is 13.4. The lowest BCUT2D eigenvalue weighted by atomic mass is 9.99. The van der Waals surface area contributed by atoms with Crippen LogP contribution in [0.15, 0.2) is 55.6 Å². The summed E-state index contributed by atoms with van der Waals surface area (Å²) in [6.07, 6.45) is 4.67. The third kappa shape index (κ3) is 3.05. The van der Waals surface area contributed by atoms with Crippen molar-refractivity contribution < 1.29 is 9.53 Å². The number of rotatable bonds is 5. The molecule has 1 aromatic carbocycles. The summed E-state index contributed by atoms with van der Waals surface area (Å²) >= 11 is 0. The van der Waals surface area contributed by atoms with E-state index in [-0.39, 0.29) is 18.2 Å². The van der Waals surface area contributed by atoms with E-state index in [2.05, 4.69) is 13.2 Å². The van der Waals surface area contributed by atoms with E-state index in [0.717, 1.165) is 18.4 Å². The fraction of sp³-hybridized carbons (Fsp3) is 0.312. The highest BCUT2D eigenvalue weighted by Gasteiger charge is 2.33. The molecule has 1 aliphatic rings. The third-order valence-electron chi connectivity index (χ3n) is 3.35. The molecule has 2 rings (SSSR count). The van der Waals surface area contributed by atoms with Crippen LogP contribution < -0.4 is 0 Å². The van der Waals surface area contributed by atoms with E-state index in [4.69, 9.17) is 4.74 Å². The molecule has 100 valence electrons. The van der Waals surface area contributed by atoms with Gasteiger partial charge in [0.05, 0.1) is 6.04 Å². The molecule has 0 radical (unpaired) electrons. The fourth-order valence-corrected chi connectivity index (χ4v) is 2.30.